The summed E-state index contributed by atoms with van der Waals surface area (Å²) in [4.78, 5) is 17.7. The molecule has 0 amide bonds. The van der Waals surface area contributed by atoms with Gasteiger partial charge in [-0.25, -0.2) is 4.79 Å². The fourth-order valence-corrected chi connectivity index (χ4v) is 2.81. The van der Waals surface area contributed by atoms with E-state index in [4.69, 9.17) is 11.6 Å². The molecule has 2 rings (SSSR count). The minimum absolute atomic E-state index is 0.263. The Morgan fingerprint density at radius 1 is 1.33 bits per heavy atom. The molecule has 1 heterocycles. The standard InChI is InChI=1S/C10H12BrClN2O/c11-7-8(6-4-2-1-3-5-6)13-10(15)14-9(7)12/h6H,1-5H2,(H,13,14,15). The first-order valence-corrected chi connectivity index (χ1v) is 6.31. The van der Waals surface area contributed by atoms with E-state index in [2.05, 4.69) is 25.9 Å². The number of nitrogens with zero attached hydrogens (tertiary/aromatic N) is 1. The number of halogens is 2. The van der Waals surface area contributed by atoms with Gasteiger partial charge in [-0.2, -0.15) is 4.98 Å². The smallest absolute Gasteiger partial charge is 0.308 e. The molecule has 15 heavy (non-hydrogen) atoms. The first-order chi connectivity index (χ1) is 7.18. The van der Waals surface area contributed by atoms with Crippen LogP contribution in [0.25, 0.3) is 0 Å². The molecule has 82 valence electrons. The van der Waals surface area contributed by atoms with Crippen LogP contribution in [0.5, 0.6) is 0 Å². The molecule has 0 bridgehead atoms. The highest BCUT2D eigenvalue weighted by molar-refractivity contribution is 9.10. The molecule has 1 saturated carbocycles. The lowest BCUT2D eigenvalue weighted by atomic mass is 9.87. The van der Waals surface area contributed by atoms with E-state index in [1.54, 1.807) is 0 Å². The summed E-state index contributed by atoms with van der Waals surface area (Å²) in [6, 6.07) is 0. The van der Waals surface area contributed by atoms with Crippen LogP contribution in [0.4, 0.5) is 0 Å². The third kappa shape index (κ3) is 2.42. The maximum absolute atomic E-state index is 11.2. The summed E-state index contributed by atoms with van der Waals surface area (Å²) in [5.74, 6) is 0.418. The highest BCUT2D eigenvalue weighted by Gasteiger charge is 2.20. The van der Waals surface area contributed by atoms with Crippen molar-refractivity contribution in [1.82, 2.24) is 9.97 Å². The number of hydrogen-bond acceptors (Lipinski definition) is 2. The van der Waals surface area contributed by atoms with Crippen LogP contribution in [-0.2, 0) is 0 Å². The summed E-state index contributed by atoms with van der Waals surface area (Å²) in [5, 5.41) is 0.263. The van der Waals surface area contributed by atoms with Gasteiger partial charge in [-0.3, -0.25) is 0 Å². The van der Waals surface area contributed by atoms with Crippen molar-refractivity contribution in [2.45, 2.75) is 38.0 Å². The molecule has 1 aliphatic carbocycles. The average Bonchev–Trinajstić information content (AvgIpc) is 2.24. The maximum atomic E-state index is 11.2. The van der Waals surface area contributed by atoms with Crippen molar-refractivity contribution in [3.8, 4) is 0 Å². The summed E-state index contributed by atoms with van der Waals surface area (Å²) in [7, 11) is 0. The quantitative estimate of drug-likeness (QED) is 0.807. The van der Waals surface area contributed by atoms with Crippen LogP contribution in [0.1, 0.15) is 43.7 Å². The molecule has 0 saturated heterocycles. The van der Waals surface area contributed by atoms with Gasteiger partial charge in [-0.05, 0) is 28.8 Å². The predicted molar refractivity (Wildman–Crippen MR) is 63.4 cm³/mol. The first-order valence-electron chi connectivity index (χ1n) is 5.13. The van der Waals surface area contributed by atoms with Gasteiger partial charge in [-0.15, -0.1) is 0 Å². The predicted octanol–water partition coefficient (Wildman–Crippen LogP) is 3.23. The van der Waals surface area contributed by atoms with Gasteiger partial charge < -0.3 is 4.98 Å². The molecule has 0 atom stereocenters. The number of aromatic nitrogens is 2. The largest absolute Gasteiger partial charge is 0.346 e. The Kier molecular flexibility index (Phi) is 3.46. The van der Waals surface area contributed by atoms with Gasteiger partial charge >= 0.3 is 5.69 Å². The summed E-state index contributed by atoms with van der Waals surface area (Å²) in [5.41, 5.74) is 0.559. The Morgan fingerprint density at radius 3 is 2.67 bits per heavy atom. The lowest BCUT2D eigenvalue weighted by molar-refractivity contribution is 0.434. The minimum Gasteiger partial charge on any atom is -0.308 e. The molecule has 1 aromatic rings. The van der Waals surface area contributed by atoms with Crippen LogP contribution < -0.4 is 5.69 Å². The van der Waals surface area contributed by atoms with Crippen molar-refractivity contribution in [1.29, 1.82) is 0 Å². The molecular formula is C10H12BrClN2O. The molecular weight excluding hydrogens is 279 g/mol. The SMILES string of the molecule is O=c1nc(Cl)c(Br)c(C2CCCCC2)[nH]1. The van der Waals surface area contributed by atoms with Crippen LogP contribution in [0.2, 0.25) is 5.15 Å². The second-order valence-corrected chi connectivity index (χ2v) is 5.05. The molecule has 1 aliphatic rings. The monoisotopic (exact) mass is 290 g/mol. The van der Waals surface area contributed by atoms with Gasteiger partial charge in [0, 0.05) is 11.6 Å². The third-order valence-corrected chi connectivity index (χ3v) is 4.18. The average molecular weight is 292 g/mol. The molecule has 1 N–H and O–H groups in total. The number of rotatable bonds is 1. The molecule has 0 aliphatic heterocycles. The summed E-state index contributed by atoms with van der Waals surface area (Å²) < 4.78 is 0.746. The summed E-state index contributed by atoms with van der Waals surface area (Å²) in [6.07, 6.45) is 5.97. The molecule has 1 aromatic heterocycles. The van der Waals surface area contributed by atoms with Crippen LogP contribution in [-0.4, -0.2) is 9.97 Å². The van der Waals surface area contributed by atoms with E-state index in [9.17, 15) is 4.79 Å². The van der Waals surface area contributed by atoms with Crippen molar-refractivity contribution in [3.05, 3.63) is 25.8 Å². The van der Waals surface area contributed by atoms with E-state index in [1.165, 1.54) is 19.3 Å². The number of H-pyrrole nitrogens is 1. The number of hydrogen-bond donors (Lipinski definition) is 1. The zero-order valence-electron chi connectivity index (χ0n) is 8.22. The van der Waals surface area contributed by atoms with E-state index in [0.717, 1.165) is 23.0 Å². The molecule has 0 aromatic carbocycles. The van der Waals surface area contributed by atoms with E-state index in [1.807, 2.05) is 0 Å². The number of nitrogens with one attached hydrogen (secondary N) is 1. The van der Waals surface area contributed by atoms with Gasteiger partial charge in [0.15, 0.2) is 5.15 Å². The van der Waals surface area contributed by atoms with E-state index < -0.39 is 0 Å². The molecule has 0 spiro atoms. The fraction of sp³-hybridized carbons (Fsp3) is 0.600. The van der Waals surface area contributed by atoms with Gasteiger partial charge in [0.1, 0.15) is 0 Å². The zero-order valence-corrected chi connectivity index (χ0v) is 10.6. The molecule has 5 heteroatoms. The Bertz CT molecular complexity index is 412. The van der Waals surface area contributed by atoms with Gasteiger partial charge in [0.05, 0.1) is 4.47 Å². The van der Waals surface area contributed by atoms with Crippen LogP contribution in [0.15, 0.2) is 9.27 Å². The molecule has 0 radical (unpaired) electrons. The molecule has 0 unspecified atom stereocenters. The Hall–Kier alpha value is -0.350. The molecule has 1 fully saturated rings. The second-order valence-electron chi connectivity index (χ2n) is 3.90. The summed E-state index contributed by atoms with van der Waals surface area (Å²) >= 11 is 9.25. The van der Waals surface area contributed by atoms with Crippen molar-refractivity contribution < 1.29 is 0 Å². The Labute approximate surface area is 101 Å². The Morgan fingerprint density at radius 2 is 2.00 bits per heavy atom. The topological polar surface area (TPSA) is 45.8 Å². The van der Waals surface area contributed by atoms with Crippen LogP contribution >= 0.6 is 27.5 Å². The first kappa shape index (κ1) is 11.1. The van der Waals surface area contributed by atoms with Gasteiger partial charge in [0.2, 0.25) is 0 Å². The summed E-state index contributed by atoms with van der Waals surface area (Å²) in [6.45, 7) is 0. The fourth-order valence-electron chi connectivity index (χ4n) is 2.12. The van der Waals surface area contributed by atoms with E-state index >= 15 is 0 Å². The minimum atomic E-state index is -0.358. The molecule has 3 nitrogen and oxygen atoms in total. The maximum Gasteiger partial charge on any atom is 0.346 e. The number of aromatic amines is 1. The van der Waals surface area contributed by atoms with Crippen molar-refractivity contribution in [3.63, 3.8) is 0 Å². The van der Waals surface area contributed by atoms with E-state index in [0.29, 0.717) is 5.92 Å². The third-order valence-electron chi connectivity index (χ3n) is 2.87. The van der Waals surface area contributed by atoms with Crippen LogP contribution in [0.3, 0.4) is 0 Å². The highest BCUT2D eigenvalue weighted by atomic mass is 79.9. The van der Waals surface area contributed by atoms with Crippen molar-refractivity contribution >= 4 is 27.5 Å². The lowest BCUT2D eigenvalue weighted by Gasteiger charge is -2.22. The van der Waals surface area contributed by atoms with Crippen LogP contribution in [0, 0.1) is 0 Å². The van der Waals surface area contributed by atoms with Crippen molar-refractivity contribution in [2.24, 2.45) is 0 Å². The highest BCUT2D eigenvalue weighted by Crippen LogP contribution is 2.36. The van der Waals surface area contributed by atoms with Gasteiger partial charge in [-0.1, -0.05) is 30.9 Å². The van der Waals surface area contributed by atoms with Crippen molar-refractivity contribution in [2.75, 3.05) is 0 Å². The lowest BCUT2D eigenvalue weighted by Crippen LogP contribution is -2.17. The second kappa shape index (κ2) is 4.66. The van der Waals surface area contributed by atoms with E-state index in [-0.39, 0.29) is 10.8 Å². The van der Waals surface area contributed by atoms with Gasteiger partial charge in [0.25, 0.3) is 0 Å². The Balaban J connectivity index is 2.37. The normalized spacial score (nSPS) is 18.0. The zero-order chi connectivity index (χ0) is 10.8.